The second-order valence-corrected chi connectivity index (χ2v) is 5.36. The van der Waals surface area contributed by atoms with E-state index >= 15 is 0 Å². The topological polar surface area (TPSA) is 62.4 Å². The largest absolute Gasteiger partial charge is 0.356 e. The number of aliphatic imine (C=N–C) groups is 1. The fourth-order valence-electron chi connectivity index (χ4n) is 2.29. The number of guanidine groups is 1. The fraction of sp³-hybridized carbons (Fsp3) is 0.909. The standard InChI is InChI=1S/C11H24N4/c1-6-13-9(15-12)14-7-8-10(2,3)11(8,4)5/h8H,6-7,12H2,1-5H3,(H2,13,14,15). The molecule has 0 radical (unpaired) electrons. The summed E-state index contributed by atoms with van der Waals surface area (Å²) < 4.78 is 0. The van der Waals surface area contributed by atoms with Gasteiger partial charge >= 0.3 is 0 Å². The van der Waals surface area contributed by atoms with Crippen molar-refractivity contribution in [3.8, 4) is 0 Å². The predicted octanol–water partition coefficient (Wildman–Crippen LogP) is 1.10. The fourth-order valence-corrected chi connectivity index (χ4v) is 2.29. The van der Waals surface area contributed by atoms with Gasteiger partial charge in [0.15, 0.2) is 0 Å². The van der Waals surface area contributed by atoms with Gasteiger partial charge in [0.1, 0.15) is 0 Å². The van der Waals surface area contributed by atoms with Crippen LogP contribution >= 0.6 is 0 Å². The molecule has 4 heteroatoms. The van der Waals surface area contributed by atoms with Crippen LogP contribution in [0.15, 0.2) is 4.99 Å². The van der Waals surface area contributed by atoms with Crippen LogP contribution < -0.4 is 16.6 Å². The second kappa shape index (κ2) is 4.00. The van der Waals surface area contributed by atoms with Gasteiger partial charge in [-0.25, -0.2) is 5.84 Å². The quantitative estimate of drug-likeness (QED) is 0.284. The van der Waals surface area contributed by atoms with Crippen LogP contribution in [0, 0.1) is 16.7 Å². The highest BCUT2D eigenvalue weighted by Gasteiger charge is 2.64. The molecule has 1 rings (SSSR count). The molecule has 1 aliphatic rings. The van der Waals surface area contributed by atoms with E-state index in [1.165, 1.54) is 0 Å². The first-order valence-electron chi connectivity index (χ1n) is 5.62. The highest BCUT2D eigenvalue weighted by molar-refractivity contribution is 5.79. The van der Waals surface area contributed by atoms with E-state index in [4.69, 9.17) is 5.84 Å². The Labute approximate surface area is 92.7 Å². The Morgan fingerprint density at radius 3 is 2.13 bits per heavy atom. The lowest BCUT2D eigenvalue weighted by atomic mass is 10.0. The van der Waals surface area contributed by atoms with Crippen molar-refractivity contribution in [3.63, 3.8) is 0 Å². The van der Waals surface area contributed by atoms with Crippen LogP contribution in [0.4, 0.5) is 0 Å². The molecular weight excluding hydrogens is 188 g/mol. The average molecular weight is 212 g/mol. The predicted molar refractivity (Wildman–Crippen MR) is 64.4 cm³/mol. The normalized spacial score (nSPS) is 23.7. The van der Waals surface area contributed by atoms with Crippen LogP contribution in [0.5, 0.6) is 0 Å². The zero-order valence-electron chi connectivity index (χ0n) is 10.5. The van der Waals surface area contributed by atoms with Crippen molar-refractivity contribution in [1.82, 2.24) is 10.7 Å². The molecule has 0 aliphatic heterocycles. The van der Waals surface area contributed by atoms with E-state index in [0.29, 0.717) is 22.7 Å². The van der Waals surface area contributed by atoms with Gasteiger partial charge in [-0.2, -0.15) is 0 Å². The summed E-state index contributed by atoms with van der Waals surface area (Å²) in [6.07, 6.45) is 0. The number of hydrogen-bond acceptors (Lipinski definition) is 2. The van der Waals surface area contributed by atoms with E-state index < -0.39 is 0 Å². The van der Waals surface area contributed by atoms with Crippen molar-refractivity contribution in [2.24, 2.45) is 27.6 Å². The minimum absolute atomic E-state index is 0.391. The molecule has 0 aromatic rings. The average Bonchev–Trinajstić information content (AvgIpc) is 2.53. The van der Waals surface area contributed by atoms with Gasteiger partial charge in [0, 0.05) is 13.1 Å². The maximum atomic E-state index is 5.36. The van der Waals surface area contributed by atoms with Gasteiger partial charge in [0.2, 0.25) is 5.96 Å². The highest BCUT2D eigenvalue weighted by atomic mass is 15.3. The van der Waals surface area contributed by atoms with Crippen molar-refractivity contribution in [3.05, 3.63) is 0 Å². The van der Waals surface area contributed by atoms with Gasteiger partial charge < -0.3 is 5.32 Å². The lowest BCUT2D eigenvalue weighted by Crippen LogP contribution is -2.41. The summed E-state index contributed by atoms with van der Waals surface area (Å²) >= 11 is 0. The molecule has 0 unspecified atom stereocenters. The Morgan fingerprint density at radius 1 is 1.27 bits per heavy atom. The van der Waals surface area contributed by atoms with Gasteiger partial charge in [-0.15, -0.1) is 0 Å². The van der Waals surface area contributed by atoms with E-state index in [0.717, 1.165) is 13.1 Å². The minimum atomic E-state index is 0.391. The molecule has 1 fully saturated rings. The van der Waals surface area contributed by atoms with Crippen LogP contribution in [-0.4, -0.2) is 19.0 Å². The first-order chi connectivity index (χ1) is 6.87. The summed E-state index contributed by atoms with van der Waals surface area (Å²) in [5.41, 5.74) is 3.36. The van der Waals surface area contributed by atoms with E-state index in [1.807, 2.05) is 6.92 Å². The molecule has 15 heavy (non-hydrogen) atoms. The molecule has 4 N–H and O–H groups in total. The lowest BCUT2D eigenvalue weighted by Gasteiger charge is -2.06. The van der Waals surface area contributed by atoms with Gasteiger partial charge in [-0.05, 0) is 23.7 Å². The van der Waals surface area contributed by atoms with Gasteiger partial charge in [-0.1, -0.05) is 27.7 Å². The molecule has 0 heterocycles. The molecule has 4 nitrogen and oxygen atoms in total. The van der Waals surface area contributed by atoms with Crippen LogP contribution in [0.1, 0.15) is 34.6 Å². The molecular formula is C11H24N4. The lowest BCUT2D eigenvalue weighted by molar-refractivity contribution is 0.457. The summed E-state index contributed by atoms with van der Waals surface area (Å²) in [5.74, 6) is 6.69. The number of nitrogens with zero attached hydrogens (tertiary/aromatic N) is 1. The molecule has 0 bridgehead atoms. The SMILES string of the molecule is CCNC(=NCC1C(C)(C)C1(C)C)NN. The highest BCUT2D eigenvalue weighted by Crippen LogP contribution is 2.68. The molecule has 0 atom stereocenters. The van der Waals surface area contributed by atoms with Gasteiger partial charge in [-0.3, -0.25) is 10.4 Å². The van der Waals surface area contributed by atoms with Crippen molar-refractivity contribution >= 4 is 5.96 Å². The van der Waals surface area contributed by atoms with E-state index in [9.17, 15) is 0 Å². The zero-order chi connectivity index (χ0) is 11.7. The summed E-state index contributed by atoms with van der Waals surface area (Å²) in [7, 11) is 0. The first kappa shape index (κ1) is 12.3. The molecule has 0 spiro atoms. The molecule has 88 valence electrons. The second-order valence-electron chi connectivity index (χ2n) is 5.36. The Morgan fingerprint density at radius 2 is 1.80 bits per heavy atom. The number of rotatable bonds is 3. The van der Waals surface area contributed by atoms with Crippen LogP contribution in [0.25, 0.3) is 0 Å². The number of hydrogen-bond donors (Lipinski definition) is 3. The third kappa shape index (κ3) is 2.09. The molecule has 0 amide bonds. The Balaban J connectivity index is 2.51. The van der Waals surface area contributed by atoms with Crippen LogP contribution in [0.3, 0.4) is 0 Å². The molecule has 0 saturated heterocycles. The monoisotopic (exact) mass is 212 g/mol. The molecule has 0 aromatic heterocycles. The number of nitrogens with one attached hydrogen (secondary N) is 2. The number of hydrazine groups is 1. The Hall–Kier alpha value is -0.770. The van der Waals surface area contributed by atoms with Crippen molar-refractivity contribution in [1.29, 1.82) is 0 Å². The third-order valence-corrected chi connectivity index (χ3v) is 4.23. The maximum absolute atomic E-state index is 5.36. The number of nitrogens with two attached hydrogens (primary N) is 1. The maximum Gasteiger partial charge on any atom is 0.205 e. The molecule has 1 saturated carbocycles. The summed E-state index contributed by atoms with van der Waals surface area (Å²) in [6.45, 7) is 12.9. The van der Waals surface area contributed by atoms with Crippen molar-refractivity contribution < 1.29 is 0 Å². The minimum Gasteiger partial charge on any atom is -0.356 e. The molecule has 1 aliphatic carbocycles. The summed E-state index contributed by atoms with van der Waals surface area (Å²) in [4.78, 5) is 4.45. The third-order valence-electron chi connectivity index (χ3n) is 4.23. The summed E-state index contributed by atoms with van der Waals surface area (Å²) in [6, 6.07) is 0. The molecule has 0 aromatic carbocycles. The zero-order valence-corrected chi connectivity index (χ0v) is 10.5. The summed E-state index contributed by atoms with van der Waals surface area (Å²) in [5, 5.41) is 3.08. The van der Waals surface area contributed by atoms with Crippen molar-refractivity contribution in [2.45, 2.75) is 34.6 Å². The first-order valence-corrected chi connectivity index (χ1v) is 5.62. The Kier molecular flexibility index (Phi) is 3.28. The Bertz CT molecular complexity index is 241. The van der Waals surface area contributed by atoms with Crippen molar-refractivity contribution in [2.75, 3.05) is 13.1 Å². The van der Waals surface area contributed by atoms with E-state index in [1.54, 1.807) is 0 Å². The van der Waals surface area contributed by atoms with Gasteiger partial charge in [0.05, 0.1) is 0 Å². The van der Waals surface area contributed by atoms with Crippen LogP contribution in [-0.2, 0) is 0 Å². The van der Waals surface area contributed by atoms with E-state index in [2.05, 4.69) is 43.4 Å². The smallest absolute Gasteiger partial charge is 0.205 e. The van der Waals surface area contributed by atoms with E-state index in [-0.39, 0.29) is 0 Å². The van der Waals surface area contributed by atoms with Gasteiger partial charge in [0.25, 0.3) is 0 Å². The van der Waals surface area contributed by atoms with Crippen LogP contribution in [0.2, 0.25) is 0 Å².